The summed E-state index contributed by atoms with van der Waals surface area (Å²) in [6, 6.07) is 4.75. The lowest BCUT2D eigenvalue weighted by atomic mass is 9.91. The molecule has 11 heteroatoms. The molecule has 4 atom stereocenters. The zero-order valence-electron chi connectivity index (χ0n) is 23.3. The van der Waals surface area contributed by atoms with Crippen LogP contribution in [0.3, 0.4) is 0 Å². The van der Waals surface area contributed by atoms with E-state index in [4.69, 9.17) is 4.74 Å². The molecule has 2 aromatic heterocycles. The summed E-state index contributed by atoms with van der Waals surface area (Å²) in [5.41, 5.74) is 1.03. The Morgan fingerprint density at radius 2 is 2.10 bits per heavy atom. The third-order valence-corrected chi connectivity index (χ3v) is 8.14. The summed E-state index contributed by atoms with van der Waals surface area (Å²) in [5, 5.41) is 24.1. The van der Waals surface area contributed by atoms with E-state index in [1.165, 1.54) is 6.92 Å². The Morgan fingerprint density at radius 1 is 1.32 bits per heavy atom. The first-order valence-electron chi connectivity index (χ1n) is 13.8. The van der Waals surface area contributed by atoms with E-state index in [0.29, 0.717) is 54.6 Å². The lowest BCUT2D eigenvalue weighted by Crippen LogP contribution is -2.51. The van der Waals surface area contributed by atoms with Crippen LogP contribution in [0.5, 0.6) is 0 Å². The molecule has 1 aromatic carbocycles. The third-order valence-electron chi connectivity index (χ3n) is 8.14. The number of likely N-dealkylation sites (tertiary alicyclic amines) is 1. The second kappa shape index (κ2) is 11.1. The summed E-state index contributed by atoms with van der Waals surface area (Å²) >= 11 is 0. The molecule has 2 aliphatic heterocycles. The quantitative estimate of drug-likeness (QED) is 0.423. The first-order valence-corrected chi connectivity index (χ1v) is 13.8. The number of ether oxygens (including phenoxy) is 1. The number of aliphatic hydroxyl groups is 2. The maximum absolute atomic E-state index is 15.0. The number of piperidine rings is 1. The highest BCUT2D eigenvalue weighted by atomic mass is 19.1. The number of benzene rings is 1. The van der Waals surface area contributed by atoms with Crippen LogP contribution in [0.25, 0.3) is 22.2 Å². The number of anilines is 1. The molecule has 0 saturated carbocycles. The zero-order valence-corrected chi connectivity index (χ0v) is 23.3. The minimum absolute atomic E-state index is 0.0522. The molecule has 3 aromatic rings. The molecule has 0 unspecified atom stereocenters. The van der Waals surface area contributed by atoms with Crippen LogP contribution in [0.4, 0.5) is 14.7 Å². The van der Waals surface area contributed by atoms with Gasteiger partial charge in [-0.2, -0.15) is 0 Å². The maximum atomic E-state index is 15.0. The predicted molar refractivity (Wildman–Crippen MR) is 149 cm³/mol. The molecule has 216 valence electrons. The van der Waals surface area contributed by atoms with Crippen molar-refractivity contribution in [1.82, 2.24) is 19.4 Å². The van der Waals surface area contributed by atoms with Gasteiger partial charge in [0.05, 0.1) is 36.1 Å². The summed E-state index contributed by atoms with van der Waals surface area (Å²) < 4.78 is 37.0. The van der Waals surface area contributed by atoms with E-state index in [-0.39, 0.29) is 42.3 Å². The van der Waals surface area contributed by atoms with Crippen molar-refractivity contribution in [3.63, 3.8) is 0 Å². The molecule has 0 amide bonds. The standard InChI is InChI=1S/C29H37F2N5O4/c1-16(2)36-22-11-18(26-20(30)12-32-28(34-26)33-21-7-10-40-15-24(21)37)5-6-19(22)27(38)17(3)23(36)13-35-9-8-29(4,39)25(31)14-35/h5-6,11-12,16,21,24-25,37,39H,7-10,13-15H2,1-4H3,(H,32,33,34)/t21-,24-,25+,29+/m1/s1. The van der Waals surface area contributed by atoms with Crippen LogP contribution in [0, 0.1) is 12.7 Å². The van der Waals surface area contributed by atoms with Crippen LogP contribution in [0.2, 0.25) is 0 Å². The number of hydrogen-bond acceptors (Lipinski definition) is 8. The van der Waals surface area contributed by atoms with Crippen molar-refractivity contribution in [2.75, 3.05) is 31.6 Å². The number of pyridine rings is 1. The molecule has 5 rings (SSSR count). The first kappa shape index (κ1) is 28.5. The van der Waals surface area contributed by atoms with Crippen LogP contribution in [-0.2, 0) is 11.3 Å². The fourth-order valence-electron chi connectivity index (χ4n) is 5.62. The van der Waals surface area contributed by atoms with E-state index in [2.05, 4.69) is 15.3 Å². The second-order valence-electron chi connectivity index (χ2n) is 11.5. The van der Waals surface area contributed by atoms with Crippen LogP contribution < -0.4 is 10.7 Å². The number of fused-ring (bicyclic) bond motifs is 1. The topological polar surface area (TPSA) is 113 Å². The Balaban J connectivity index is 1.55. The molecule has 2 aliphatic rings. The smallest absolute Gasteiger partial charge is 0.223 e. The molecule has 3 N–H and O–H groups in total. The van der Waals surface area contributed by atoms with Crippen molar-refractivity contribution in [2.45, 2.75) is 77.0 Å². The van der Waals surface area contributed by atoms with Crippen molar-refractivity contribution >= 4 is 16.9 Å². The normalized spacial score (nSPS) is 26.0. The average molecular weight is 558 g/mol. The van der Waals surface area contributed by atoms with Gasteiger partial charge in [0.25, 0.3) is 0 Å². The van der Waals surface area contributed by atoms with Crippen molar-refractivity contribution in [1.29, 1.82) is 0 Å². The molecule has 4 heterocycles. The highest BCUT2D eigenvalue weighted by molar-refractivity contribution is 5.85. The Morgan fingerprint density at radius 3 is 2.80 bits per heavy atom. The second-order valence-corrected chi connectivity index (χ2v) is 11.5. The van der Waals surface area contributed by atoms with E-state index in [1.807, 2.05) is 23.3 Å². The Labute approximate surface area is 231 Å². The van der Waals surface area contributed by atoms with Crippen LogP contribution in [0.15, 0.2) is 29.2 Å². The summed E-state index contributed by atoms with van der Waals surface area (Å²) in [7, 11) is 0. The molecule has 0 spiro atoms. The van der Waals surface area contributed by atoms with Gasteiger partial charge >= 0.3 is 0 Å². The Bertz CT molecular complexity index is 1460. The van der Waals surface area contributed by atoms with Crippen LogP contribution in [-0.4, -0.2) is 79.9 Å². The van der Waals surface area contributed by atoms with Gasteiger partial charge in [0.1, 0.15) is 11.9 Å². The number of nitrogens with zero attached hydrogens (tertiary/aromatic N) is 4. The van der Waals surface area contributed by atoms with Gasteiger partial charge in [0.2, 0.25) is 5.95 Å². The van der Waals surface area contributed by atoms with Gasteiger partial charge in [-0.15, -0.1) is 0 Å². The highest BCUT2D eigenvalue weighted by Gasteiger charge is 2.38. The molecule has 2 fully saturated rings. The summed E-state index contributed by atoms with van der Waals surface area (Å²) in [6.07, 6.45) is -0.167. The van der Waals surface area contributed by atoms with Crippen LogP contribution >= 0.6 is 0 Å². The Hall–Kier alpha value is -2.99. The molecule has 2 saturated heterocycles. The fraction of sp³-hybridized carbons (Fsp3) is 0.552. The molecule has 0 radical (unpaired) electrons. The average Bonchev–Trinajstić information content (AvgIpc) is 2.91. The van der Waals surface area contributed by atoms with Crippen molar-refractivity contribution in [3.8, 4) is 11.3 Å². The van der Waals surface area contributed by atoms with Gasteiger partial charge in [-0.05, 0) is 52.7 Å². The fourth-order valence-corrected chi connectivity index (χ4v) is 5.62. The molecule has 0 bridgehead atoms. The SMILES string of the molecule is Cc1c(CN2CC[C@](C)(O)[C@@H](F)C2)n(C(C)C)c2cc(-c3nc(N[C@@H]4CCOC[C@H]4O)ncc3F)ccc2c1=O. The van der Waals surface area contributed by atoms with E-state index >= 15 is 4.39 Å². The number of aromatic nitrogens is 3. The summed E-state index contributed by atoms with van der Waals surface area (Å²) in [6.45, 7) is 8.92. The van der Waals surface area contributed by atoms with Crippen molar-refractivity contribution in [2.24, 2.45) is 0 Å². The highest BCUT2D eigenvalue weighted by Crippen LogP contribution is 2.30. The number of alkyl halides is 1. The monoisotopic (exact) mass is 557 g/mol. The van der Waals surface area contributed by atoms with E-state index < -0.39 is 23.7 Å². The van der Waals surface area contributed by atoms with E-state index in [9.17, 15) is 19.4 Å². The largest absolute Gasteiger partial charge is 0.389 e. The summed E-state index contributed by atoms with van der Waals surface area (Å²) in [5.74, 6) is -0.424. The lowest BCUT2D eigenvalue weighted by molar-refractivity contribution is -0.0732. The lowest BCUT2D eigenvalue weighted by Gasteiger charge is -2.39. The van der Waals surface area contributed by atoms with Crippen molar-refractivity contribution in [3.05, 3.63) is 51.7 Å². The van der Waals surface area contributed by atoms with E-state index in [1.54, 1.807) is 25.1 Å². The number of nitrogens with one attached hydrogen (secondary N) is 1. The number of hydrogen-bond donors (Lipinski definition) is 3. The van der Waals surface area contributed by atoms with Crippen molar-refractivity contribution < 1.29 is 23.7 Å². The molecular formula is C29H37F2N5O4. The van der Waals surface area contributed by atoms with Gasteiger partial charge in [-0.3, -0.25) is 9.69 Å². The minimum atomic E-state index is -1.39. The van der Waals surface area contributed by atoms with Gasteiger partial charge in [-0.25, -0.2) is 18.7 Å². The van der Waals surface area contributed by atoms with Gasteiger partial charge in [0.15, 0.2) is 11.2 Å². The van der Waals surface area contributed by atoms with Gasteiger partial charge in [0, 0.05) is 54.5 Å². The van der Waals surface area contributed by atoms with Crippen LogP contribution in [0.1, 0.15) is 50.9 Å². The molecule has 0 aliphatic carbocycles. The molecule has 40 heavy (non-hydrogen) atoms. The summed E-state index contributed by atoms with van der Waals surface area (Å²) in [4.78, 5) is 23.9. The molecular weight excluding hydrogens is 520 g/mol. The molecule has 9 nitrogen and oxygen atoms in total. The van der Waals surface area contributed by atoms with Gasteiger partial charge < -0.3 is 24.8 Å². The number of halogens is 2. The minimum Gasteiger partial charge on any atom is -0.389 e. The van der Waals surface area contributed by atoms with E-state index in [0.717, 1.165) is 11.9 Å². The predicted octanol–water partition coefficient (Wildman–Crippen LogP) is 3.34. The number of rotatable bonds is 6. The number of aliphatic hydroxyl groups excluding tert-OH is 1. The third kappa shape index (κ3) is 5.47. The zero-order chi connectivity index (χ0) is 28.8. The first-order chi connectivity index (χ1) is 19.0. The Kier molecular flexibility index (Phi) is 7.93. The maximum Gasteiger partial charge on any atom is 0.223 e. The van der Waals surface area contributed by atoms with Gasteiger partial charge in [-0.1, -0.05) is 6.07 Å².